The van der Waals surface area contributed by atoms with E-state index >= 15 is 0 Å². The Hall–Kier alpha value is -0.800. The molecule has 2 aromatic rings. The summed E-state index contributed by atoms with van der Waals surface area (Å²) in [6, 6.07) is 8.98. The van der Waals surface area contributed by atoms with Crippen LogP contribution in [0.1, 0.15) is 17.3 Å². The molecule has 18 heavy (non-hydrogen) atoms. The molecule has 1 aromatic carbocycles. The van der Waals surface area contributed by atoms with E-state index in [1.54, 1.807) is 18.3 Å². The number of halogens is 3. The Morgan fingerprint density at radius 3 is 2.44 bits per heavy atom. The van der Waals surface area contributed by atoms with Gasteiger partial charge in [-0.25, -0.2) is 0 Å². The van der Waals surface area contributed by atoms with Crippen LogP contribution in [-0.2, 0) is 0 Å². The Morgan fingerprint density at radius 2 is 1.83 bits per heavy atom. The summed E-state index contributed by atoms with van der Waals surface area (Å²) in [6.45, 7) is 0. The number of hydrogen-bond acceptors (Lipinski definition) is 2. The number of pyridine rings is 1. The summed E-state index contributed by atoms with van der Waals surface area (Å²) in [5.41, 5.74) is 1.73. The minimum Gasteiger partial charge on any atom is -0.308 e. The molecule has 1 unspecified atom stereocenters. The molecule has 1 atom stereocenters. The smallest absolute Gasteiger partial charge is 0.0804 e. The van der Waals surface area contributed by atoms with Gasteiger partial charge in [-0.1, -0.05) is 40.9 Å². The lowest BCUT2D eigenvalue weighted by molar-refractivity contribution is 0.671. The third-order valence-electron chi connectivity index (χ3n) is 2.63. The highest BCUT2D eigenvalue weighted by Crippen LogP contribution is 2.30. The average molecular weight is 302 g/mol. The Morgan fingerprint density at radius 1 is 1.06 bits per heavy atom. The lowest BCUT2D eigenvalue weighted by Gasteiger charge is -2.17. The number of benzene rings is 1. The molecule has 0 radical (unpaired) electrons. The highest BCUT2D eigenvalue weighted by molar-refractivity contribution is 6.42. The van der Waals surface area contributed by atoms with E-state index in [-0.39, 0.29) is 6.04 Å². The fourth-order valence-corrected chi connectivity index (χ4v) is 2.30. The maximum atomic E-state index is 6.16. The molecule has 2 rings (SSSR count). The SMILES string of the molecule is CNC(c1ccc(Cl)c(Cl)c1)c1ncccc1Cl. The molecule has 0 spiro atoms. The van der Waals surface area contributed by atoms with Crippen molar-refractivity contribution in [1.29, 1.82) is 0 Å². The van der Waals surface area contributed by atoms with Gasteiger partial charge in [-0.2, -0.15) is 0 Å². The second kappa shape index (κ2) is 5.89. The third-order valence-corrected chi connectivity index (χ3v) is 3.68. The Labute approximate surface area is 121 Å². The fraction of sp³-hybridized carbons (Fsp3) is 0.154. The molecule has 0 saturated carbocycles. The molecule has 0 aliphatic carbocycles. The van der Waals surface area contributed by atoms with Gasteiger partial charge in [0.1, 0.15) is 0 Å². The minimum absolute atomic E-state index is 0.117. The molecule has 1 N–H and O–H groups in total. The van der Waals surface area contributed by atoms with Crippen molar-refractivity contribution < 1.29 is 0 Å². The molecule has 0 aliphatic rings. The molecule has 5 heteroatoms. The van der Waals surface area contributed by atoms with Crippen LogP contribution in [0.2, 0.25) is 15.1 Å². The Bertz CT molecular complexity index is 558. The first-order chi connectivity index (χ1) is 8.63. The van der Waals surface area contributed by atoms with Crippen LogP contribution in [0.25, 0.3) is 0 Å². The lowest BCUT2D eigenvalue weighted by Crippen LogP contribution is -2.19. The summed E-state index contributed by atoms with van der Waals surface area (Å²) in [5.74, 6) is 0. The number of rotatable bonds is 3. The van der Waals surface area contributed by atoms with E-state index in [0.717, 1.165) is 11.3 Å². The third kappa shape index (κ3) is 2.78. The first-order valence-corrected chi connectivity index (χ1v) is 6.49. The molecule has 0 aliphatic heterocycles. The number of hydrogen-bond donors (Lipinski definition) is 1. The summed E-state index contributed by atoms with van der Waals surface area (Å²) in [5, 5.41) is 4.83. The molecule has 0 amide bonds. The summed E-state index contributed by atoms with van der Waals surface area (Å²) < 4.78 is 0. The van der Waals surface area contributed by atoms with Gasteiger partial charge in [0.05, 0.1) is 26.8 Å². The van der Waals surface area contributed by atoms with Gasteiger partial charge < -0.3 is 5.32 Å². The van der Waals surface area contributed by atoms with Crippen molar-refractivity contribution in [3.8, 4) is 0 Å². The highest BCUT2D eigenvalue weighted by Gasteiger charge is 2.17. The predicted octanol–water partition coefficient (Wildman–Crippen LogP) is 4.35. The molecule has 0 bridgehead atoms. The van der Waals surface area contributed by atoms with Crippen molar-refractivity contribution >= 4 is 34.8 Å². The van der Waals surface area contributed by atoms with E-state index in [1.807, 2.05) is 25.2 Å². The zero-order valence-electron chi connectivity index (χ0n) is 9.62. The largest absolute Gasteiger partial charge is 0.308 e. The van der Waals surface area contributed by atoms with Crippen LogP contribution >= 0.6 is 34.8 Å². The second-order valence-corrected chi connectivity index (χ2v) is 4.99. The number of aromatic nitrogens is 1. The van der Waals surface area contributed by atoms with E-state index in [9.17, 15) is 0 Å². The molecule has 1 heterocycles. The topological polar surface area (TPSA) is 24.9 Å². The molecular weight excluding hydrogens is 291 g/mol. The molecule has 94 valence electrons. The maximum absolute atomic E-state index is 6.16. The number of nitrogens with zero attached hydrogens (tertiary/aromatic N) is 1. The van der Waals surface area contributed by atoms with Crippen LogP contribution in [0.3, 0.4) is 0 Å². The molecule has 0 fully saturated rings. The van der Waals surface area contributed by atoms with Crippen molar-refractivity contribution in [2.24, 2.45) is 0 Å². The van der Waals surface area contributed by atoms with Gasteiger partial charge >= 0.3 is 0 Å². The van der Waals surface area contributed by atoms with Gasteiger partial charge in [0.2, 0.25) is 0 Å². The van der Waals surface area contributed by atoms with Crippen molar-refractivity contribution in [3.05, 3.63) is 62.9 Å². The van der Waals surface area contributed by atoms with Gasteiger partial charge in [0.25, 0.3) is 0 Å². The molecular formula is C13H11Cl3N2. The maximum Gasteiger partial charge on any atom is 0.0804 e. The predicted molar refractivity (Wildman–Crippen MR) is 76.6 cm³/mol. The summed E-state index contributed by atoms with van der Waals surface area (Å²) in [4.78, 5) is 4.31. The summed E-state index contributed by atoms with van der Waals surface area (Å²) in [6.07, 6.45) is 1.71. The fourth-order valence-electron chi connectivity index (χ4n) is 1.76. The van der Waals surface area contributed by atoms with Gasteiger partial charge in [-0.15, -0.1) is 0 Å². The second-order valence-electron chi connectivity index (χ2n) is 3.77. The first kappa shape index (κ1) is 13.6. The van der Waals surface area contributed by atoms with E-state index in [4.69, 9.17) is 34.8 Å². The Balaban J connectivity index is 2.45. The van der Waals surface area contributed by atoms with Crippen molar-refractivity contribution in [1.82, 2.24) is 10.3 Å². The van der Waals surface area contributed by atoms with Crippen LogP contribution in [0.5, 0.6) is 0 Å². The van der Waals surface area contributed by atoms with Gasteiger partial charge in [-0.05, 0) is 36.9 Å². The molecule has 1 aromatic heterocycles. The molecule has 2 nitrogen and oxygen atoms in total. The normalized spacial score (nSPS) is 12.4. The van der Waals surface area contributed by atoms with Crippen LogP contribution in [-0.4, -0.2) is 12.0 Å². The minimum atomic E-state index is -0.117. The highest BCUT2D eigenvalue weighted by atomic mass is 35.5. The van der Waals surface area contributed by atoms with E-state index < -0.39 is 0 Å². The van der Waals surface area contributed by atoms with Gasteiger partial charge in [0, 0.05) is 6.20 Å². The number of nitrogens with one attached hydrogen (secondary N) is 1. The average Bonchev–Trinajstić information content (AvgIpc) is 2.37. The van der Waals surface area contributed by atoms with Crippen LogP contribution in [0.15, 0.2) is 36.5 Å². The summed E-state index contributed by atoms with van der Waals surface area (Å²) in [7, 11) is 1.85. The van der Waals surface area contributed by atoms with Crippen LogP contribution in [0.4, 0.5) is 0 Å². The van der Waals surface area contributed by atoms with Crippen LogP contribution in [0, 0.1) is 0 Å². The zero-order chi connectivity index (χ0) is 13.1. The monoisotopic (exact) mass is 300 g/mol. The standard InChI is InChI=1S/C13H11Cl3N2/c1-17-12(13-10(15)3-2-6-18-13)8-4-5-9(14)11(16)7-8/h2-7,12,17H,1H3. The zero-order valence-corrected chi connectivity index (χ0v) is 11.9. The quantitative estimate of drug-likeness (QED) is 0.911. The summed E-state index contributed by atoms with van der Waals surface area (Å²) >= 11 is 18.1. The first-order valence-electron chi connectivity index (χ1n) is 5.36. The van der Waals surface area contributed by atoms with Gasteiger partial charge in [-0.3, -0.25) is 4.98 Å². The van der Waals surface area contributed by atoms with E-state index in [2.05, 4.69) is 10.3 Å². The van der Waals surface area contributed by atoms with Crippen LogP contribution < -0.4 is 5.32 Å². The Kier molecular flexibility index (Phi) is 4.46. The molecule has 0 saturated heterocycles. The van der Waals surface area contributed by atoms with Gasteiger partial charge in [0.15, 0.2) is 0 Å². The van der Waals surface area contributed by atoms with E-state index in [1.165, 1.54) is 0 Å². The van der Waals surface area contributed by atoms with Crippen molar-refractivity contribution in [3.63, 3.8) is 0 Å². The van der Waals surface area contributed by atoms with Crippen molar-refractivity contribution in [2.75, 3.05) is 7.05 Å². The lowest BCUT2D eigenvalue weighted by atomic mass is 10.0. The van der Waals surface area contributed by atoms with Crippen molar-refractivity contribution in [2.45, 2.75) is 6.04 Å². The van der Waals surface area contributed by atoms with E-state index in [0.29, 0.717) is 15.1 Å².